The first kappa shape index (κ1) is 13.2. The van der Waals surface area contributed by atoms with Gasteiger partial charge >= 0.3 is 0 Å². The van der Waals surface area contributed by atoms with Crippen molar-refractivity contribution in [3.63, 3.8) is 0 Å². The van der Waals surface area contributed by atoms with Crippen molar-refractivity contribution < 1.29 is 4.79 Å². The van der Waals surface area contributed by atoms with Crippen LogP contribution in [0.15, 0.2) is 59.7 Å². The number of fused-ring (bicyclic) bond motifs is 1. The summed E-state index contributed by atoms with van der Waals surface area (Å²) < 4.78 is 0. The topological polar surface area (TPSA) is 69.1 Å². The maximum atomic E-state index is 12.9. The molecule has 0 spiro atoms. The molecule has 5 heteroatoms. The Bertz CT molecular complexity index is 737. The zero-order valence-electron chi connectivity index (χ0n) is 11.6. The zero-order valence-corrected chi connectivity index (χ0v) is 11.6. The van der Waals surface area contributed by atoms with E-state index in [2.05, 4.69) is 10.0 Å². The summed E-state index contributed by atoms with van der Waals surface area (Å²) in [6.07, 6.45) is 0. The second kappa shape index (κ2) is 4.96. The van der Waals surface area contributed by atoms with Gasteiger partial charge in [0.15, 0.2) is 0 Å². The third-order valence-corrected chi connectivity index (χ3v) is 4.03. The highest BCUT2D eigenvalue weighted by atomic mass is 16.2. The van der Waals surface area contributed by atoms with E-state index in [1.54, 1.807) is 11.9 Å². The van der Waals surface area contributed by atoms with Crippen molar-refractivity contribution in [3.05, 3.63) is 76.2 Å². The molecular weight excluding hydrogens is 264 g/mol. The van der Waals surface area contributed by atoms with Crippen LogP contribution in [0.5, 0.6) is 0 Å². The van der Waals surface area contributed by atoms with Crippen LogP contribution < -0.4 is 4.90 Å². The predicted molar refractivity (Wildman–Crippen MR) is 81.1 cm³/mol. The Morgan fingerprint density at radius 1 is 1.14 bits per heavy atom. The highest BCUT2D eigenvalue weighted by Gasteiger charge is 2.50. The van der Waals surface area contributed by atoms with Crippen molar-refractivity contribution in [3.8, 4) is 0 Å². The van der Waals surface area contributed by atoms with Gasteiger partial charge in [-0.3, -0.25) is 4.79 Å². The summed E-state index contributed by atoms with van der Waals surface area (Å²) in [6.45, 7) is 0.0771. The average molecular weight is 278 g/mol. The van der Waals surface area contributed by atoms with Gasteiger partial charge in [-0.2, -0.15) is 0 Å². The molecule has 1 amide bonds. The molecule has 21 heavy (non-hydrogen) atoms. The summed E-state index contributed by atoms with van der Waals surface area (Å²) >= 11 is 0. The zero-order chi connectivity index (χ0) is 14.9. The monoisotopic (exact) mass is 278 g/mol. The molecule has 1 unspecified atom stereocenters. The Hall–Kier alpha value is -2.78. The molecule has 0 radical (unpaired) electrons. The predicted octanol–water partition coefficient (Wildman–Crippen LogP) is 3.26. The van der Waals surface area contributed by atoms with E-state index in [-0.39, 0.29) is 12.5 Å². The second-order valence-corrected chi connectivity index (χ2v) is 5.04. The number of azide groups is 1. The van der Waals surface area contributed by atoms with Crippen molar-refractivity contribution in [2.75, 3.05) is 18.5 Å². The van der Waals surface area contributed by atoms with E-state index in [9.17, 15) is 4.79 Å². The minimum atomic E-state index is -0.932. The first-order valence-corrected chi connectivity index (χ1v) is 6.66. The molecule has 5 nitrogen and oxygen atoms in total. The van der Waals surface area contributed by atoms with Crippen molar-refractivity contribution in [1.29, 1.82) is 0 Å². The van der Waals surface area contributed by atoms with Gasteiger partial charge in [0, 0.05) is 24.2 Å². The highest BCUT2D eigenvalue weighted by Crippen LogP contribution is 2.45. The molecule has 1 aliphatic rings. The van der Waals surface area contributed by atoms with Crippen LogP contribution in [0, 0.1) is 0 Å². The lowest BCUT2D eigenvalue weighted by Crippen LogP contribution is -2.42. The lowest BCUT2D eigenvalue weighted by atomic mass is 9.75. The Balaban J connectivity index is 2.30. The van der Waals surface area contributed by atoms with E-state index in [0.29, 0.717) is 0 Å². The Labute approximate surface area is 122 Å². The van der Waals surface area contributed by atoms with Gasteiger partial charge in [0.2, 0.25) is 5.91 Å². The third-order valence-electron chi connectivity index (χ3n) is 4.03. The first-order chi connectivity index (χ1) is 10.2. The molecule has 0 fully saturated rings. The molecule has 1 heterocycles. The molecule has 0 saturated carbocycles. The number of carbonyl (C=O) groups is 1. The average Bonchev–Trinajstić information content (AvgIpc) is 2.76. The molecule has 1 atom stereocenters. The van der Waals surface area contributed by atoms with Gasteiger partial charge < -0.3 is 4.90 Å². The van der Waals surface area contributed by atoms with Crippen molar-refractivity contribution >= 4 is 11.6 Å². The number of hydrogen-bond acceptors (Lipinski definition) is 2. The summed E-state index contributed by atoms with van der Waals surface area (Å²) in [5.74, 6) is -0.0673. The molecular formula is C16H14N4O. The SMILES string of the molecule is CN1C(=O)C(CN=[N+]=[N-])(c2ccccc2)c2ccccc21. The molecule has 2 aromatic carbocycles. The molecule has 3 rings (SSSR count). The van der Waals surface area contributed by atoms with Crippen LogP contribution in [-0.2, 0) is 10.2 Å². The van der Waals surface area contributed by atoms with Gasteiger partial charge in [-0.15, -0.1) is 0 Å². The number of hydrogen-bond donors (Lipinski definition) is 0. The van der Waals surface area contributed by atoms with Crippen LogP contribution in [0.25, 0.3) is 10.4 Å². The van der Waals surface area contributed by atoms with E-state index in [4.69, 9.17) is 5.53 Å². The fraction of sp³-hybridized carbons (Fsp3) is 0.188. The second-order valence-electron chi connectivity index (χ2n) is 5.04. The fourth-order valence-electron chi connectivity index (χ4n) is 3.02. The van der Waals surface area contributed by atoms with Gasteiger partial charge in [0.1, 0.15) is 5.41 Å². The molecule has 0 saturated heterocycles. The number of rotatable bonds is 3. The largest absolute Gasteiger partial charge is 0.314 e. The van der Waals surface area contributed by atoms with Gasteiger partial charge in [0.05, 0.1) is 0 Å². The third kappa shape index (κ3) is 1.79. The Morgan fingerprint density at radius 3 is 2.52 bits per heavy atom. The minimum Gasteiger partial charge on any atom is -0.314 e. The summed E-state index contributed by atoms with van der Waals surface area (Å²) in [4.78, 5) is 17.4. The lowest BCUT2D eigenvalue weighted by Gasteiger charge is -2.27. The molecule has 1 aliphatic heterocycles. The number of likely N-dealkylation sites (N-methyl/N-ethyl adjacent to an activating group) is 1. The van der Waals surface area contributed by atoms with Gasteiger partial charge in [0.25, 0.3) is 0 Å². The molecule has 0 bridgehead atoms. The number of amides is 1. The molecule has 0 aromatic heterocycles. The summed E-state index contributed by atoms with van der Waals surface area (Å²) in [6, 6.07) is 17.1. The molecule has 104 valence electrons. The maximum Gasteiger partial charge on any atom is 0.242 e. The van der Waals surface area contributed by atoms with Crippen molar-refractivity contribution in [2.45, 2.75) is 5.41 Å². The lowest BCUT2D eigenvalue weighted by molar-refractivity contribution is -0.121. The molecule has 0 N–H and O–H groups in total. The van der Waals surface area contributed by atoms with Crippen LogP contribution in [0.4, 0.5) is 5.69 Å². The van der Waals surface area contributed by atoms with Crippen LogP contribution >= 0.6 is 0 Å². The Morgan fingerprint density at radius 2 is 1.81 bits per heavy atom. The molecule has 2 aromatic rings. The minimum absolute atomic E-state index is 0.0673. The van der Waals surface area contributed by atoms with Crippen LogP contribution in [0.1, 0.15) is 11.1 Å². The first-order valence-electron chi connectivity index (χ1n) is 6.66. The smallest absolute Gasteiger partial charge is 0.242 e. The number of para-hydroxylation sites is 1. The van der Waals surface area contributed by atoms with Gasteiger partial charge in [-0.05, 0) is 22.7 Å². The van der Waals surface area contributed by atoms with Crippen molar-refractivity contribution in [2.24, 2.45) is 5.11 Å². The number of anilines is 1. The van der Waals surface area contributed by atoms with E-state index in [1.165, 1.54) is 0 Å². The van der Waals surface area contributed by atoms with Gasteiger partial charge in [-0.25, -0.2) is 0 Å². The summed E-state index contributed by atoms with van der Waals surface area (Å²) in [5.41, 5.74) is 10.4. The molecule has 0 aliphatic carbocycles. The summed E-state index contributed by atoms with van der Waals surface area (Å²) in [5, 5.41) is 3.72. The van der Waals surface area contributed by atoms with E-state index < -0.39 is 5.41 Å². The number of benzene rings is 2. The number of nitrogens with zero attached hydrogens (tertiary/aromatic N) is 4. The fourth-order valence-corrected chi connectivity index (χ4v) is 3.02. The Kier molecular flexibility index (Phi) is 3.12. The van der Waals surface area contributed by atoms with Gasteiger partial charge in [-0.1, -0.05) is 53.6 Å². The standard InChI is InChI=1S/C16H14N4O/c1-20-14-10-6-5-9-13(14)16(15(20)21,11-18-19-17)12-7-3-2-4-8-12/h2-10H,11H2,1H3. The van der Waals surface area contributed by atoms with E-state index in [0.717, 1.165) is 16.8 Å². The van der Waals surface area contributed by atoms with Crippen LogP contribution in [0.3, 0.4) is 0 Å². The van der Waals surface area contributed by atoms with E-state index in [1.807, 2.05) is 54.6 Å². The maximum absolute atomic E-state index is 12.9. The summed E-state index contributed by atoms with van der Waals surface area (Å²) in [7, 11) is 1.75. The normalized spacial score (nSPS) is 20.0. The van der Waals surface area contributed by atoms with E-state index >= 15 is 0 Å². The van der Waals surface area contributed by atoms with Crippen LogP contribution in [0.2, 0.25) is 0 Å². The highest BCUT2D eigenvalue weighted by molar-refractivity contribution is 6.10. The number of carbonyl (C=O) groups excluding carboxylic acids is 1. The quantitative estimate of drug-likeness (QED) is 0.482. The van der Waals surface area contributed by atoms with Crippen LogP contribution in [-0.4, -0.2) is 19.5 Å². The van der Waals surface area contributed by atoms with Crippen molar-refractivity contribution in [1.82, 2.24) is 0 Å².